The quantitative estimate of drug-likeness (QED) is 0.208. The zero-order valence-electron chi connectivity index (χ0n) is 23.6. The first-order valence-electron chi connectivity index (χ1n) is 14.4. The van der Waals surface area contributed by atoms with Crippen molar-refractivity contribution in [3.05, 3.63) is 143 Å². The maximum Gasteiger partial charge on any atom is 0.0545 e. The summed E-state index contributed by atoms with van der Waals surface area (Å²) in [5.74, 6) is 0. The maximum atomic E-state index is 3.74. The highest BCUT2D eigenvalue weighted by Crippen LogP contribution is 2.41. The summed E-state index contributed by atoms with van der Waals surface area (Å²) in [6, 6.07) is 40.1. The van der Waals surface area contributed by atoms with Gasteiger partial charge in [0.05, 0.1) is 5.52 Å². The molecule has 8 aromatic rings. The topological polar surface area (TPSA) is 15.8 Å². The van der Waals surface area contributed by atoms with Crippen molar-refractivity contribution in [1.29, 1.82) is 0 Å². The summed E-state index contributed by atoms with van der Waals surface area (Å²) in [4.78, 5) is 3.74. The molecule has 0 saturated carbocycles. The largest absolute Gasteiger partial charge is 0.354 e. The lowest BCUT2D eigenvalue weighted by Crippen LogP contribution is -1.77. The van der Waals surface area contributed by atoms with Crippen molar-refractivity contribution in [2.45, 2.75) is 13.8 Å². The zero-order chi connectivity index (χ0) is 28.2. The van der Waals surface area contributed by atoms with Gasteiger partial charge in [-0.05, 0) is 60.4 Å². The Morgan fingerprint density at radius 3 is 1.57 bits per heavy atom. The van der Waals surface area contributed by atoms with E-state index in [0.29, 0.717) is 0 Å². The number of aromatic nitrogens is 1. The molecule has 0 unspecified atom stereocenters. The molecule has 0 fully saturated rings. The molecular weight excluding hydrogens is 527 g/mol. The van der Waals surface area contributed by atoms with E-state index in [2.05, 4.69) is 152 Å². The average molecular weight is 556 g/mol. The molecule has 0 aliphatic heterocycles. The Bertz CT molecular complexity index is 2170. The Kier molecular flexibility index (Phi) is 5.84. The minimum absolute atomic E-state index is 1.17. The van der Waals surface area contributed by atoms with Crippen molar-refractivity contribution in [2.75, 3.05) is 0 Å². The van der Waals surface area contributed by atoms with E-state index in [1.807, 2.05) is 11.3 Å². The Labute approximate surface area is 249 Å². The SMILES string of the molecule is Cc1ccc(/C=C/c2ccc3[nH]c4c(ccc5c4ccc4c6cc(/C=C/c7ccc(C)cc7)ccc6sc45)c3c2)cc1. The normalized spacial score (nSPS) is 12.3. The van der Waals surface area contributed by atoms with Crippen molar-refractivity contribution in [3.8, 4) is 0 Å². The van der Waals surface area contributed by atoms with Gasteiger partial charge >= 0.3 is 0 Å². The number of fused-ring (bicyclic) bond motifs is 9. The Morgan fingerprint density at radius 1 is 0.452 bits per heavy atom. The summed E-state index contributed by atoms with van der Waals surface area (Å²) in [5, 5.41) is 7.77. The van der Waals surface area contributed by atoms with Crippen LogP contribution in [0.25, 0.3) is 77.1 Å². The lowest BCUT2D eigenvalue weighted by atomic mass is 10.0. The van der Waals surface area contributed by atoms with Gasteiger partial charge in [-0.2, -0.15) is 0 Å². The van der Waals surface area contributed by atoms with Crippen LogP contribution in [0.3, 0.4) is 0 Å². The molecule has 0 aliphatic carbocycles. The van der Waals surface area contributed by atoms with E-state index in [4.69, 9.17) is 0 Å². The van der Waals surface area contributed by atoms with Gasteiger partial charge in [0, 0.05) is 47.2 Å². The van der Waals surface area contributed by atoms with Crippen LogP contribution in [-0.2, 0) is 0 Å². The van der Waals surface area contributed by atoms with Gasteiger partial charge in [-0.1, -0.05) is 120 Å². The Morgan fingerprint density at radius 2 is 0.929 bits per heavy atom. The first kappa shape index (κ1) is 24.8. The average Bonchev–Trinajstić information content (AvgIpc) is 3.58. The number of hydrogen-bond acceptors (Lipinski definition) is 1. The summed E-state index contributed by atoms with van der Waals surface area (Å²) in [6.07, 6.45) is 8.80. The molecule has 42 heavy (non-hydrogen) atoms. The summed E-state index contributed by atoms with van der Waals surface area (Å²) in [5.41, 5.74) is 9.81. The summed E-state index contributed by atoms with van der Waals surface area (Å²) >= 11 is 1.89. The number of aryl methyl sites for hydroxylation is 2. The second-order valence-electron chi connectivity index (χ2n) is 11.3. The highest BCUT2D eigenvalue weighted by atomic mass is 32.1. The van der Waals surface area contributed by atoms with E-state index in [0.717, 1.165) is 0 Å². The van der Waals surface area contributed by atoms with Crippen molar-refractivity contribution >= 4 is 88.4 Å². The van der Waals surface area contributed by atoms with Crippen LogP contribution in [0.4, 0.5) is 0 Å². The summed E-state index contributed by atoms with van der Waals surface area (Å²) in [7, 11) is 0. The number of benzene rings is 6. The third kappa shape index (κ3) is 4.32. The number of nitrogens with one attached hydrogen (secondary N) is 1. The van der Waals surface area contributed by atoms with E-state index < -0.39 is 0 Å². The molecule has 0 spiro atoms. The van der Waals surface area contributed by atoms with Gasteiger partial charge in [0.1, 0.15) is 0 Å². The van der Waals surface area contributed by atoms with Gasteiger partial charge in [0.2, 0.25) is 0 Å². The van der Waals surface area contributed by atoms with Gasteiger partial charge in [-0.3, -0.25) is 0 Å². The fourth-order valence-electron chi connectivity index (χ4n) is 5.99. The molecular formula is C40H29NS. The summed E-state index contributed by atoms with van der Waals surface area (Å²) in [6.45, 7) is 4.24. The van der Waals surface area contributed by atoms with Gasteiger partial charge in [0.25, 0.3) is 0 Å². The zero-order valence-corrected chi connectivity index (χ0v) is 24.4. The molecule has 0 amide bonds. The molecule has 6 aromatic carbocycles. The van der Waals surface area contributed by atoms with Crippen LogP contribution in [0.1, 0.15) is 33.4 Å². The number of hydrogen-bond donors (Lipinski definition) is 1. The van der Waals surface area contributed by atoms with Crippen molar-refractivity contribution < 1.29 is 0 Å². The predicted octanol–water partition coefficient (Wildman–Crippen LogP) is 11.8. The molecule has 1 N–H and O–H groups in total. The van der Waals surface area contributed by atoms with Crippen LogP contribution >= 0.6 is 11.3 Å². The van der Waals surface area contributed by atoms with Crippen molar-refractivity contribution in [2.24, 2.45) is 0 Å². The minimum Gasteiger partial charge on any atom is -0.354 e. The van der Waals surface area contributed by atoms with Gasteiger partial charge in [-0.15, -0.1) is 11.3 Å². The van der Waals surface area contributed by atoms with E-state index in [1.165, 1.54) is 86.1 Å². The fourth-order valence-corrected chi connectivity index (χ4v) is 7.20. The first-order valence-corrected chi connectivity index (χ1v) is 15.2. The van der Waals surface area contributed by atoms with E-state index >= 15 is 0 Å². The lowest BCUT2D eigenvalue weighted by Gasteiger charge is -2.02. The second-order valence-corrected chi connectivity index (χ2v) is 12.4. The second kappa shape index (κ2) is 9.87. The smallest absolute Gasteiger partial charge is 0.0545 e. The maximum absolute atomic E-state index is 3.74. The molecule has 2 heteroatoms. The number of H-pyrrole nitrogens is 1. The molecule has 0 atom stereocenters. The van der Waals surface area contributed by atoms with E-state index in [9.17, 15) is 0 Å². The van der Waals surface area contributed by atoms with Gasteiger partial charge in [-0.25, -0.2) is 0 Å². The predicted molar refractivity (Wildman–Crippen MR) is 186 cm³/mol. The van der Waals surface area contributed by atoms with Crippen LogP contribution < -0.4 is 0 Å². The lowest BCUT2D eigenvalue weighted by molar-refractivity contribution is 1.46. The van der Waals surface area contributed by atoms with Gasteiger partial charge < -0.3 is 4.98 Å². The third-order valence-electron chi connectivity index (χ3n) is 8.34. The standard InChI is InChI=1S/C40H29NS/c1-25-3-7-27(8-4-25)11-13-29-15-21-37-35(23-29)32-18-19-33-31(39(32)41-37)17-20-34-36-24-30(16-22-38(36)42-40(33)34)14-12-28-9-5-26(2)6-10-28/h3-24,41H,1-2H3/b13-11+,14-12+. The van der Waals surface area contributed by atoms with Crippen LogP contribution in [0.5, 0.6) is 0 Å². The molecule has 1 nitrogen and oxygen atoms in total. The van der Waals surface area contributed by atoms with Crippen LogP contribution in [0.15, 0.2) is 109 Å². The van der Waals surface area contributed by atoms with Crippen LogP contribution in [0.2, 0.25) is 0 Å². The van der Waals surface area contributed by atoms with E-state index in [-0.39, 0.29) is 0 Å². The molecule has 2 aromatic heterocycles. The Balaban J connectivity index is 1.20. The van der Waals surface area contributed by atoms with Gasteiger partial charge in [0.15, 0.2) is 0 Å². The number of thiophene rings is 1. The number of aromatic amines is 1. The highest BCUT2D eigenvalue weighted by molar-refractivity contribution is 7.26. The molecule has 2 heterocycles. The molecule has 0 aliphatic rings. The van der Waals surface area contributed by atoms with E-state index in [1.54, 1.807) is 0 Å². The third-order valence-corrected chi connectivity index (χ3v) is 9.56. The van der Waals surface area contributed by atoms with Crippen molar-refractivity contribution in [3.63, 3.8) is 0 Å². The molecule has 0 saturated heterocycles. The molecule has 200 valence electrons. The number of rotatable bonds is 4. The Hall–Kier alpha value is -4.92. The van der Waals surface area contributed by atoms with Crippen molar-refractivity contribution in [1.82, 2.24) is 4.98 Å². The monoisotopic (exact) mass is 555 g/mol. The highest BCUT2D eigenvalue weighted by Gasteiger charge is 2.13. The molecule has 0 bridgehead atoms. The first-order chi connectivity index (χ1) is 20.6. The molecule has 0 radical (unpaired) electrons. The minimum atomic E-state index is 1.17. The van der Waals surface area contributed by atoms with Crippen LogP contribution in [-0.4, -0.2) is 4.98 Å². The van der Waals surface area contributed by atoms with Crippen LogP contribution in [0, 0.1) is 13.8 Å². The molecule has 8 rings (SSSR count). The summed E-state index contributed by atoms with van der Waals surface area (Å²) < 4.78 is 2.68. The fraction of sp³-hybridized carbons (Fsp3) is 0.0500.